The maximum Gasteiger partial charge on any atom is 0.573 e. The van der Waals surface area contributed by atoms with Crippen LogP contribution in [0.15, 0.2) is 24.4 Å². The summed E-state index contributed by atoms with van der Waals surface area (Å²) in [4.78, 5) is 23.2. The number of hydrogen-bond acceptors (Lipinski definition) is 8. The topological polar surface area (TPSA) is 100 Å². The van der Waals surface area contributed by atoms with E-state index in [0.29, 0.717) is 31.6 Å². The Morgan fingerprint density at radius 1 is 1.27 bits per heavy atom. The van der Waals surface area contributed by atoms with Gasteiger partial charge in [-0.25, -0.2) is 19.1 Å². The van der Waals surface area contributed by atoms with Gasteiger partial charge in [0.05, 0.1) is 17.3 Å². The number of nitrogens with one attached hydrogen (secondary N) is 1. The lowest BCUT2D eigenvalue weighted by Gasteiger charge is -2.36. The zero-order valence-corrected chi connectivity index (χ0v) is 20.8. The highest BCUT2D eigenvalue weighted by atomic mass is 35.5. The molecule has 0 saturated carbocycles. The van der Waals surface area contributed by atoms with Crippen LogP contribution in [0, 0.1) is 11.7 Å². The lowest BCUT2D eigenvalue weighted by molar-refractivity contribution is -0.274. The van der Waals surface area contributed by atoms with Crippen LogP contribution in [0.4, 0.5) is 39.8 Å². The number of amides is 1. The summed E-state index contributed by atoms with van der Waals surface area (Å²) in [5.74, 6) is -1.29. The van der Waals surface area contributed by atoms with Crippen LogP contribution in [0.25, 0.3) is 0 Å². The summed E-state index contributed by atoms with van der Waals surface area (Å²) < 4.78 is 61.4. The fourth-order valence-electron chi connectivity index (χ4n) is 4.50. The average Bonchev–Trinajstić information content (AvgIpc) is 3.22. The summed E-state index contributed by atoms with van der Waals surface area (Å²) in [5, 5.41) is 13.0. The van der Waals surface area contributed by atoms with Gasteiger partial charge in [0.25, 0.3) is 0 Å². The normalized spacial score (nSPS) is 20.5. The van der Waals surface area contributed by atoms with E-state index < -0.39 is 36.2 Å². The SMILES string of the molecule is C[C@H](Nc1ncc(F)c(N2C(=O)OC[C@@H]2[C@H](C)O)n1)C1CCN(c2ccc(Cl)c(OC(F)(F)F)c2)CC1. The molecule has 0 bridgehead atoms. The molecule has 37 heavy (non-hydrogen) atoms. The van der Waals surface area contributed by atoms with Crippen molar-refractivity contribution < 1.29 is 36.9 Å². The van der Waals surface area contributed by atoms with Crippen LogP contribution in [0.5, 0.6) is 5.75 Å². The van der Waals surface area contributed by atoms with Gasteiger partial charge in [-0.15, -0.1) is 13.2 Å². The molecule has 0 radical (unpaired) electrons. The zero-order valence-electron chi connectivity index (χ0n) is 20.0. The fraction of sp³-hybridized carbons (Fsp3) is 0.522. The minimum Gasteiger partial charge on any atom is -0.447 e. The summed E-state index contributed by atoms with van der Waals surface area (Å²) in [6.07, 6.45) is -4.23. The average molecular weight is 548 g/mol. The highest BCUT2D eigenvalue weighted by Crippen LogP contribution is 2.35. The van der Waals surface area contributed by atoms with Crippen LogP contribution < -0.4 is 19.9 Å². The number of halogens is 5. The Morgan fingerprint density at radius 2 is 1.97 bits per heavy atom. The molecule has 4 rings (SSSR count). The molecular weight excluding hydrogens is 522 g/mol. The quantitative estimate of drug-likeness (QED) is 0.486. The van der Waals surface area contributed by atoms with Gasteiger partial charge in [-0.1, -0.05) is 11.6 Å². The van der Waals surface area contributed by atoms with Crippen LogP contribution in [0.1, 0.15) is 26.7 Å². The second kappa shape index (κ2) is 10.7. The first-order valence-corrected chi connectivity index (χ1v) is 12.0. The molecule has 202 valence electrons. The van der Waals surface area contributed by atoms with Crippen molar-refractivity contribution >= 4 is 35.1 Å². The molecule has 0 spiro atoms. The molecule has 3 atom stereocenters. The summed E-state index contributed by atoms with van der Waals surface area (Å²) in [6.45, 7) is 4.46. The monoisotopic (exact) mass is 547 g/mol. The number of carbonyl (C=O) groups excluding carboxylic acids is 1. The van der Waals surface area contributed by atoms with E-state index in [1.165, 1.54) is 19.1 Å². The Balaban J connectivity index is 1.39. The van der Waals surface area contributed by atoms with Gasteiger partial charge in [0.15, 0.2) is 11.6 Å². The van der Waals surface area contributed by atoms with Crippen molar-refractivity contribution in [2.24, 2.45) is 5.92 Å². The van der Waals surface area contributed by atoms with Crippen molar-refractivity contribution in [2.45, 2.75) is 51.2 Å². The molecule has 1 amide bonds. The number of rotatable bonds is 7. The zero-order chi connectivity index (χ0) is 26.9. The van der Waals surface area contributed by atoms with Gasteiger partial charge in [0.2, 0.25) is 5.95 Å². The molecule has 0 aliphatic carbocycles. The number of nitrogens with zero attached hydrogens (tertiary/aromatic N) is 4. The molecule has 1 aromatic carbocycles. The molecule has 2 fully saturated rings. The number of benzene rings is 1. The Kier molecular flexibility index (Phi) is 7.83. The van der Waals surface area contributed by atoms with Crippen molar-refractivity contribution in [3.63, 3.8) is 0 Å². The number of aliphatic hydroxyl groups excluding tert-OH is 1. The first kappa shape index (κ1) is 27.0. The molecule has 2 aliphatic heterocycles. The van der Waals surface area contributed by atoms with Gasteiger partial charge in [-0.05, 0) is 44.7 Å². The van der Waals surface area contributed by atoms with Crippen molar-refractivity contribution in [1.29, 1.82) is 0 Å². The molecule has 2 saturated heterocycles. The third kappa shape index (κ3) is 6.27. The van der Waals surface area contributed by atoms with Crippen molar-refractivity contribution in [2.75, 3.05) is 34.8 Å². The molecule has 0 unspecified atom stereocenters. The Hall–Kier alpha value is -3.06. The number of piperidine rings is 1. The van der Waals surface area contributed by atoms with Gasteiger partial charge in [0, 0.05) is 30.9 Å². The Bertz CT molecular complexity index is 1130. The Labute approximate surface area is 215 Å². The van der Waals surface area contributed by atoms with Gasteiger partial charge in [-0.2, -0.15) is 4.98 Å². The smallest absolute Gasteiger partial charge is 0.447 e. The van der Waals surface area contributed by atoms with E-state index in [-0.39, 0.29) is 35.4 Å². The van der Waals surface area contributed by atoms with Crippen LogP contribution in [-0.2, 0) is 4.74 Å². The minimum absolute atomic E-state index is 0.0882. The molecule has 2 aliphatic rings. The Morgan fingerprint density at radius 3 is 2.62 bits per heavy atom. The van der Waals surface area contributed by atoms with E-state index in [1.54, 1.807) is 6.07 Å². The number of aliphatic hydroxyl groups is 1. The number of aromatic nitrogens is 2. The highest BCUT2D eigenvalue weighted by molar-refractivity contribution is 6.32. The standard InChI is InChI=1S/C23H26ClF4N5O4/c1-12(30-21-29-10-17(25)20(31-21)33-18(13(2)34)11-36-22(33)35)14-5-7-32(8-6-14)15-3-4-16(24)19(9-15)37-23(26,27)28/h3-4,9-10,12-14,18,34H,5-8,11H2,1-2H3,(H,29,30,31)/t12-,13-,18+/m0/s1. The maximum atomic E-state index is 14.5. The molecule has 3 heterocycles. The van der Waals surface area contributed by atoms with Gasteiger partial charge in [0.1, 0.15) is 18.4 Å². The number of anilines is 3. The number of cyclic esters (lactones) is 1. The first-order valence-electron chi connectivity index (χ1n) is 11.7. The highest BCUT2D eigenvalue weighted by Gasteiger charge is 2.40. The molecule has 1 aromatic heterocycles. The van der Waals surface area contributed by atoms with E-state index in [0.717, 1.165) is 11.1 Å². The maximum absolute atomic E-state index is 14.5. The number of alkyl halides is 3. The van der Waals surface area contributed by atoms with Crippen LogP contribution in [-0.4, -0.2) is 65.4 Å². The van der Waals surface area contributed by atoms with Crippen LogP contribution in [0.3, 0.4) is 0 Å². The molecule has 2 N–H and O–H groups in total. The predicted molar refractivity (Wildman–Crippen MR) is 127 cm³/mol. The van der Waals surface area contributed by atoms with E-state index in [2.05, 4.69) is 20.0 Å². The second-order valence-corrected chi connectivity index (χ2v) is 9.45. The molecule has 14 heteroatoms. The number of ether oxygens (including phenoxy) is 2. The predicted octanol–water partition coefficient (Wildman–Crippen LogP) is 4.59. The first-order chi connectivity index (χ1) is 17.4. The van der Waals surface area contributed by atoms with E-state index in [9.17, 15) is 27.5 Å². The van der Waals surface area contributed by atoms with Gasteiger partial charge >= 0.3 is 12.5 Å². The third-order valence-corrected chi connectivity index (χ3v) is 6.84. The molecule has 9 nitrogen and oxygen atoms in total. The summed E-state index contributed by atoms with van der Waals surface area (Å²) in [5.41, 5.74) is 0.569. The van der Waals surface area contributed by atoms with Crippen molar-refractivity contribution in [3.8, 4) is 5.75 Å². The third-order valence-electron chi connectivity index (χ3n) is 6.53. The van der Waals surface area contributed by atoms with E-state index in [1.807, 2.05) is 11.8 Å². The minimum atomic E-state index is -4.84. The van der Waals surface area contributed by atoms with Gasteiger partial charge < -0.3 is 24.8 Å². The summed E-state index contributed by atoms with van der Waals surface area (Å²) in [6, 6.07) is 3.38. The number of hydrogen-bond donors (Lipinski definition) is 2. The molecular formula is C23H26ClF4N5O4. The number of carbonyl (C=O) groups is 1. The van der Waals surface area contributed by atoms with Crippen LogP contribution in [0.2, 0.25) is 5.02 Å². The lowest BCUT2D eigenvalue weighted by atomic mass is 9.90. The molecule has 2 aromatic rings. The largest absolute Gasteiger partial charge is 0.573 e. The van der Waals surface area contributed by atoms with Crippen molar-refractivity contribution in [1.82, 2.24) is 9.97 Å². The second-order valence-electron chi connectivity index (χ2n) is 9.04. The fourth-order valence-corrected chi connectivity index (χ4v) is 4.66. The summed E-state index contributed by atoms with van der Waals surface area (Å²) >= 11 is 5.85. The van der Waals surface area contributed by atoms with Crippen LogP contribution >= 0.6 is 11.6 Å². The lowest BCUT2D eigenvalue weighted by Crippen LogP contribution is -2.42. The van der Waals surface area contributed by atoms with E-state index >= 15 is 0 Å². The van der Waals surface area contributed by atoms with E-state index in [4.69, 9.17) is 16.3 Å². The van der Waals surface area contributed by atoms with Gasteiger partial charge in [-0.3, -0.25) is 0 Å². The summed E-state index contributed by atoms with van der Waals surface area (Å²) in [7, 11) is 0. The van der Waals surface area contributed by atoms with Crippen molar-refractivity contribution in [3.05, 3.63) is 35.2 Å².